The molecule has 0 radical (unpaired) electrons. The van der Waals surface area contributed by atoms with Gasteiger partial charge in [0.25, 0.3) is 0 Å². The van der Waals surface area contributed by atoms with Crippen LogP contribution in [0.3, 0.4) is 0 Å². The van der Waals surface area contributed by atoms with Crippen molar-refractivity contribution in [2.75, 3.05) is 44.7 Å². The first-order valence-corrected chi connectivity index (χ1v) is 5.40. The highest BCUT2D eigenvalue weighted by Crippen LogP contribution is 2.00. The summed E-state index contributed by atoms with van der Waals surface area (Å²) in [5.74, 6) is 0.950. The Morgan fingerprint density at radius 1 is 1.31 bits per heavy atom. The topological polar surface area (TPSA) is 37.4 Å². The number of morpholine rings is 1. The van der Waals surface area contributed by atoms with Crippen molar-refractivity contribution in [3.05, 3.63) is 24.4 Å². The molecule has 0 saturated carbocycles. The second-order valence-corrected chi connectivity index (χ2v) is 3.60. The van der Waals surface area contributed by atoms with Crippen LogP contribution >= 0.6 is 12.4 Å². The van der Waals surface area contributed by atoms with Gasteiger partial charge < -0.3 is 10.1 Å². The zero-order chi connectivity index (χ0) is 10.3. The van der Waals surface area contributed by atoms with Gasteiger partial charge in [-0.3, -0.25) is 4.90 Å². The average molecular weight is 244 g/mol. The fourth-order valence-electron chi connectivity index (χ4n) is 1.63. The lowest BCUT2D eigenvalue weighted by Gasteiger charge is -2.26. The molecule has 0 bridgehead atoms. The van der Waals surface area contributed by atoms with Gasteiger partial charge in [0.2, 0.25) is 0 Å². The minimum Gasteiger partial charge on any atom is -0.379 e. The molecule has 0 spiro atoms. The lowest BCUT2D eigenvalue weighted by Crippen LogP contribution is -2.39. The molecule has 2 rings (SSSR count). The maximum absolute atomic E-state index is 5.29. The van der Waals surface area contributed by atoms with Gasteiger partial charge in [0.15, 0.2) is 0 Å². The second kappa shape index (κ2) is 7.44. The Morgan fingerprint density at radius 3 is 2.81 bits per heavy atom. The van der Waals surface area contributed by atoms with E-state index in [1.165, 1.54) is 0 Å². The molecule has 1 aliphatic heterocycles. The summed E-state index contributed by atoms with van der Waals surface area (Å²) in [6.07, 6.45) is 1.80. The molecular weight excluding hydrogens is 226 g/mol. The Balaban J connectivity index is 0.00000128. The van der Waals surface area contributed by atoms with Crippen molar-refractivity contribution in [3.63, 3.8) is 0 Å². The van der Waals surface area contributed by atoms with Gasteiger partial charge in [-0.2, -0.15) is 0 Å². The predicted octanol–water partition coefficient (Wildman–Crippen LogP) is 1.25. The summed E-state index contributed by atoms with van der Waals surface area (Å²) < 4.78 is 5.29. The van der Waals surface area contributed by atoms with Crippen LogP contribution in [0, 0.1) is 0 Å². The Kier molecular flexibility index (Phi) is 6.15. The van der Waals surface area contributed by atoms with Gasteiger partial charge in [-0.05, 0) is 12.1 Å². The molecule has 1 aromatic rings. The zero-order valence-electron chi connectivity index (χ0n) is 9.26. The van der Waals surface area contributed by atoms with Crippen molar-refractivity contribution in [1.29, 1.82) is 0 Å². The Hall–Kier alpha value is -0.840. The third-order valence-electron chi connectivity index (χ3n) is 2.50. The first-order chi connectivity index (χ1) is 7.45. The Labute approximate surface area is 102 Å². The summed E-state index contributed by atoms with van der Waals surface area (Å²) in [6.45, 7) is 5.82. The summed E-state index contributed by atoms with van der Waals surface area (Å²) in [5.41, 5.74) is 0. The Bertz CT molecular complexity index is 278. The van der Waals surface area contributed by atoms with E-state index in [-0.39, 0.29) is 12.4 Å². The maximum atomic E-state index is 5.29. The van der Waals surface area contributed by atoms with E-state index in [1.807, 2.05) is 18.2 Å². The molecule has 0 unspecified atom stereocenters. The predicted molar refractivity (Wildman–Crippen MR) is 67.2 cm³/mol. The van der Waals surface area contributed by atoms with Crippen molar-refractivity contribution in [2.45, 2.75) is 0 Å². The molecule has 4 nitrogen and oxygen atoms in total. The minimum atomic E-state index is 0. The number of aromatic nitrogens is 1. The first-order valence-electron chi connectivity index (χ1n) is 5.40. The highest BCUT2D eigenvalue weighted by atomic mass is 35.5. The molecule has 1 aliphatic rings. The van der Waals surface area contributed by atoms with Crippen LogP contribution in [0.4, 0.5) is 5.82 Å². The number of hydrogen-bond donors (Lipinski definition) is 1. The lowest BCUT2D eigenvalue weighted by atomic mass is 10.4. The fraction of sp³-hybridized carbons (Fsp3) is 0.545. The van der Waals surface area contributed by atoms with Crippen molar-refractivity contribution in [2.24, 2.45) is 0 Å². The van der Waals surface area contributed by atoms with E-state index in [4.69, 9.17) is 4.74 Å². The SMILES string of the molecule is Cl.c1ccc(NCCN2CCOCC2)nc1. The van der Waals surface area contributed by atoms with Crippen molar-refractivity contribution in [1.82, 2.24) is 9.88 Å². The molecule has 0 aromatic carbocycles. The average Bonchev–Trinajstić information content (AvgIpc) is 2.32. The van der Waals surface area contributed by atoms with E-state index in [0.29, 0.717) is 0 Å². The van der Waals surface area contributed by atoms with Gasteiger partial charge in [0.1, 0.15) is 5.82 Å². The third-order valence-corrected chi connectivity index (χ3v) is 2.50. The monoisotopic (exact) mass is 243 g/mol. The van der Waals surface area contributed by atoms with Gasteiger partial charge in [0.05, 0.1) is 13.2 Å². The molecule has 16 heavy (non-hydrogen) atoms. The van der Waals surface area contributed by atoms with E-state index in [2.05, 4.69) is 15.2 Å². The van der Waals surface area contributed by atoms with Crippen LogP contribution in [0.5, 0.6) is 0 Å². The molecule has 90 valence electrons. The maximum Gasteiger partial charge on any atom is 0.125 e. The van der Waals surface area contributed by atoms with E-state index in [9.17, 15) is 0 Å². The highest BCUT2D eigenvalue weighted by Gasteiger charge is 2.08. The van der Waals surface area contributed by atoms with E-state index >= 15 is 0 Å². The van der Waals surface area contributed by atoms with Gasteiger partial charge in [-0.1, -0.05) is 6.07 Å². The molecule has 0 aliphatic carbocycles. The second-order valence-electron chi connectivity index (χ2n) is 3.60. The summed E-state index contributed by atoms with van der Waals surface area (Å²) >= 11 is 0. The quantitative estimate of drug-likeness (QED) is 0.864. The number of ether oxygens (including phenoxy) is 1. The van der Waals surface area contributed by atoms with Gasteiger partial charge in [-0.25, -0.2) is 4.98 Å². The standard InChI is InChI=1S/C11H17N3O.ClH/c1-2-4-12-11(3-1)13-5-6-14-7-9-15-10-8-14;/h1-4H,5-10H2,(H,12,13);1H. The number of halogens is 1. The number of anilines is 1. The molecule has 1 N–H and O–H groups in total. The van der Waals surface area contributed by atoms with Crippen LogP contribution in [-0.4, -0.2) is 49.3 Å². The van der Waals surface area contributed by atoms with Gasteiger partial charge in [0, 0.05) is 32.4 Å². The normalized spacial score (nSPS) is 16.5. The summed E-state index contributed by atoms with van der Waals surface area (Å²) in [4.78, 5) is 6.61. The number of nitrogens with zero attached hydrogens (tertiary/aromatic N) is 2. The minimum absolute atomic E-state index is 0. The molecule has 1 aromatic heterocycles. The fourth-order valence-corrected chi connectivity index (χ4v) is 1.63. The van der Waals surface area contributed by atoms with E-state index in [0.717, 1.165) is 45.2 Å². The number of rotatable bonds is 4. The van der Waals surface area contributed by atoms with E-state index in [1.54, 1.807) is 6.20 Å². The van der Waals surface area contributed by atoms with Crippen LogP contribution < -0.4 is 5.32 Å². The molecule has 0 atom stereocenters. The molecule has 1 saturated heterocycles. The van der Waals surface area contributed by atoms with Crippen molar-refractivity contribution >= 4 is 18.2 Å². The smallest absolute Gasteiger partial charge is 0.125 e. The van der Waals surface area contributed by atoms with Gasteiger partial charge >= 0.3 is 0 Å². The van der Waals surface area contributed by atoms with Crippen molar-refractivity contribution in [3.8, 4) is 0 Å². The highest BCUT2D eigenvalue weighted by molar-refractivity contribution is 5.85. The van der Waals surface area contributed by atoms with Crippen LogP contribution in [0.2, 0.25) is 0 Å². The molecular formula is C11H18ClN3O. The molecule has 2 heterocycles. The summed E-state index contributed by atoms with van der Waals surface area (Å²) in [5, 5.41) is 3.30. The first kappa shape index (κ1) is 13.2. The van der Waals surface area contributed by atoms with Gasteiger partial charge in [-0.15, -0.1) is 12.4 Å². The Morgan fingerprint density at radius 2 is 2.12 bits per heavy atom. The molecule has 0 amide bonds. The zero-order valence-corrected chi connectivity index (χ0v) is 10.1. The largest absolute Gasteiger partial charge is 0.379 e. The van der Waals surface area contributed by atoms with Crippen LogP contribution in [0.1, 0.15) is 0 Å². The lowest BCUT2D eigenvalue weighted by molar-refractivity contribution is 0.0398. The third kappa shape index (κ3) is 4.35. The molecule has 1 fully saturated rings. The van der Waals surface area contributed by atoms with Crippen LogP contribution in [0.25, 0.3) is 0 Å². The summed E-state index contributed by atoms with van der Waals surface area (Å²) in [6, 6.07) is 5.90. The summed E-state index contributed by atoms with van der Waals surface area (Å²) in [7, 11) is 0. The number of hydrogen-bond acceptors (Lipinski definition) is 4. The molecule has 5 heteroatoms. The van der Waals surface area contributed by atoms with Crippen LogP contribution in [-0.2, 0) is 4.74 Å². The number of nitrogens with one attached hydrogen (secondary N) is 1. The number of pyridine rings is 1. The van der Waals surface area contributed by atoms with Crippen molar-refractivity contribution < 1.29 is 4.74 Å². The van der Waals surface area contributed by atoms with Crippen LogP contribution in [0.15, 0.2) is 24.4 Å². The van der Waals surface area contributed by atoms with E-state index < -0.39 is 0 Å².